The van der Waals surface area contributed by atoms with Gasteiger partial charge in [-0.25, -0.2) is 8.78 Å². The molecule has 0 saturated carbocycles. The molecule has 1 aromatic rings. The highest BCUT2D eigenvalue weighted by molar-refractivity contribution is 5.91. The summed E-state index contributed by atoms with van der Waals surface area (Å²) in [5.41, 5.74) is 0.223. The molecule has 5 N–H and O–H groups in total. The molecule has 3 amide bonds. The lowest BCUT2D eigenvalue weighted by Crippen LogP contribution is -2.63. The van der Waals surface area contributed by atoms with Crippen LogP contribution in [0.25, 0.3) is 0 Å². The Balaban J connectivity index is 1.81. The number of rotatable bonds is 7. The summed E-state index contributed by atoms with van der Waals surface area (Å²) in [6.45, 7) is 2.81. The van der Waals surface area contributed by atoms with E-state index in [1.54, 1.807) is 6.92 Å². The van der Waals surface area contributed by atoms with Gasteiger partial charge in [0.2, 0.25) is 17.7 Å². The Bertz CT molecular complexity index is 802. The number of hydrogen-bond donors (Lipinski definition) is 5. The Labute approximate surface area is 172 Å². The molecule has 1 aromatic carbocycles. The third-order valence-electron chi connectivity index (χ3n) is 5.63. The van der Waals surface area contributed by atoms with Crippen LogP contribution in [0.2, 0.25) is 0 Å². The second-order valence-corrected chi connectivity index (χ2v) is 7.68. The molecule has 10 heteroatoms. The van der Waals surface area contributed by atoms with Gasteiger partial charge in [0, 0.05) is 25.7 Å². The molecule has 8 nitrogen and oxygen atoms in total. The van der Waals surface area contributed by atoms with Gasteiger partial charge in [0.25, 0.3) is 0 Å². The molecule has 0 bridgehead atoms. The maximum atomic E-state index is 13.6. The van der Waals surface area contributed by atoms with E-state index in [1.165, 1.54) is 0 Å². The zero-order chi connectivity index (χ0) is 21.8. The Hall–Kier alpha value is -2.59. The highest BCUT2D eigenvalue weighted by atomic mass is 19.1. The first-order chi connectivity index (χ1) is 14.3. The summed E-state index contributed by atoms with van der Waals surface area (Å²) in [5.74, 6) is -3.79. The fourth-order valence-electron chi connectivity index (χ4n) is 4.07. The molecule has 2 unspecified atom stereocenters. The van der Waals surface area contributed by atoms with Crippen LogP contribution in [0.5, 0.6) is 0 Å². The van der Waals surface area contributed by atoms with Gasteiger partial charge in [-0.1, -0.05) is 6.92 Å². The van der Waals surface area contributed by atoms with Crippen molar-refractivity contribution in [1.29, 1.82) is 0 Å². The van der Waals surface area contributed by atoms with E-state index in [0.717, 1.165) is 18.2 Å². The second kappa shape index (κ2) is 9.48. The molecule has 2 heterocycles. The Morgan fingerprint density at radius 2 is 1.87 bits per heavy atom. The van der Waals surface area contributed by atoms with E-state index >= 15 is 0 Å². The number of benzene rings is 1. The lowest BCUT2D eigenvalue weighted by Gasteiger charge is -2.33. The standard InChI is InChI=1S/C20H26F2N4O4/c1-2-13-14(9-25-18(13)28)19(29)26-15(7-10-5-11(21)8-12(22)6-10)17(27)16-20(30)24-4-3-23-16/h5-6,8,13-17,23,27H,2-4,7,9H2,1H3,(H,24,30)(H,25,28)(H,26,29)/t13?,14?,15-,16-,17-/m0/s1. The van der Waals surface area contributed by atoms with Gasteiger partial charge in [0.1, 0.15) is 17.7 Å². The SMILES string of the molecule is CCC1C(=O)NCC1C(=O)N[C@@H](Cc1cc(F)cc(F)c1)[C@H](O)[C@@H]1NCCNC1=O. The first-order valence-corrected chi connectivity index (χ1v) is 10.0. The molecule has 0 radical (unpaired) electrons. The predicted octanol–water partition coefficient (Wildman–Crippen LogP) is -0.787. The molecule has 0 aliphatic carbocycles. The van der Waals surface area contributed by atoms with Crippen molar-refractivity contribution in [3.63, 3.8) is 0 Å². The predicted molar refractivity (Wildman–Crippen MR) is 103 cm³/mol. The highest BCUT2D eigenvalue weighted by Crippen LogP contribution is 2.22. The molecular weight excluding hydrogens is 398 g/mol. The van der Waals surface area contributed by atoms with Gasteiger partial charge in [-0.2, -0.15) is 0 Å². The van der Waals surface area contributed by atoms with Crippen molar-refractivity contribution in [2.24, 2.45) is 11.8 Å². The van der Waals surface area contributed by atoms with Crippen molar-refractivity contribution in [3.8, 4) is 0 Å². The first kappa shape index (κ1) is 22.1. The van der Waals surface area contributed by atoms with Gasteiger partial charge in [-0.05, 0) is 30.5 Å². The van der Waals surface area contributed by atoms with E-state index in [4.69, 9.17) is 0 Å². The summed E-state index contributed by atoms with van der Waals surface area (Å²) >= 11 is 0. The van der Waals surface area contributed by atoms with Crippen LogP contribution in [-0.2, 0) is 20.8 Å². The van der Waals surface area contributed by atoms with Crippen molar-refractivity contribution in [1.82, 2.24) is 21.3 Å². The summed E-state index contributed by atoms with van der Waals surface area (Å²) in [5, 5.41) is 21.7. The third kappa shape index (κ3) is 4.93. The van der Waals surface area contributed by atoms with Crippen LogP contribution in [0.3, 0.4) is 0 Å². The Morgan fingerprint density at radius 1 is 1.17 bits per heavy atom. The van der Waals surface area contributed by atoms with Crippen molar-refractivity contribution in [2.75, 3.05) is 19.6 Å². The molecular formula is C20H26F2N4O4. The number of aliphatic hydroxyl groups excluding tert-OH is 1. The van der Waals surface area contributed by atoms with Gasteiger partial charge in [-0.3, -0.25) is 14.4 Å². The largest absolute Gasteiger partial charge is 0.389 e. The van der Waals surface area contributed by atoms with Gasteiger partial charge in [0.15, 0.2) is 0 Å². The molecule has 164 valence electrons. The summed E-state index contributed by atoms with van der Waals surface area (Å²) in [6, 6.07) is 0.948. The highest BCUT2D eigenvalue weighted by Gasteiger charge is 2.41. The lowest BCUT2D eigenvalue weighted by atomic mass is 9.90. The maximum Gasteiger partial charge on any atom is 0.239 e. The minimum atomic E-state index is -1.36. The van der Waals surface area contributed by atoms with Crippen LogP contribution >= 0.6 is 0 Å². The normalized spacial score (nSPS) is 25.9. The van der Waals surface area contributed by atoms with E-state index in [2.05, 4.69) is 21.3 Å². The minimum absolute atomic E-state index is 0.0993. The topological polar surface area (TPSA) is 120 Å². The van der Waals surface area contributed by atoms with Crippen LogP contribution in [0, 0.1) is 23.5 Å². The molecule has 2 aliphatic rings. The number of halogens is 2. The van der Waals surface area contributed by atoms with Gasteiger partial charge >= 0.3 is 0 Å². The average Bonchev–Trinajstić information content (AvgIpc) is 3.07. The fraction of sp³-hybridized carbons (Fsp3) is 0.550. The smallest absolute Gasteiger partial charge is 0.239 e. The Morgan fingerprint density at radius 3 is 2.50 bits per heavy atom. The number of aliphatic hydroxyl groups is 1. The zero-order valence-corrected chi connectivity index (χ0v) is 16.6. The number of carbonyl (C=O) groups is 3. The van der Waals surface area contributed by atoms with E-state index in [1.807, 2.05) is 0 Å². The van der Waals surface area contributed by atoms with Crippen LogP contribution in [0.4, 0.5) is 8.78 Å². The van der Waals surface area contributed by atoms with E-state index in [9.17, 15) is 28.3 Å². The molecule has 0 aromatic heterocycles. The van der Waals surface area contributed by atoms with Crippen LogP contribution in [-0.4, -0.2) is 60.6 Å². The number of nitrogens with one attached hydrogen (secondary N) is 4. The summed E-state index contributed by atoms with van der Waals surface area (Å²) in [7, 11) is 0. The van der Waals surface area contributed by atoms with Gasteiger partial charge < -0.3 is 26.4 Å². The fourth-order valence-corrected chi connectivity index (χ4v) is 4.07. The van der Waals surface area contributed by atoms with E-state index in [-0.39, 0.29) is 24.4 Å². The summed E-state index contributed by atoms with van der Waals surface area (Å²) < 4.78 is 27.3. The molecule has 5 atom stereocenters. The number of amides is 3. The molecule has 2 aliphatic heterocycles. The van der Waals surface area contributed by atoms with Crippen molar-refractivity contribution >= 4 is 17.7 Å². The molecule has 3 rings (SSSR count). The minimum Gasteiger partial charge on any atom is -0.389 e. The number of hydrogen-bond acceptors (Lipinski definition) is 5. The molecule has 2 saturated heterocycles. The van der Waals surface area contributed by atoms with Gasteiger partial charge in [-0.15, -0.1) is 0 Å². The maximum absolute atomic E-state index is 13.6. The van der Waals surface area contributed by atoms with Crippen molar-refractivity contribution in [2.45, 2.75) is 38.0 Å². The van der Waals surface area contributed by atoms with Crippen molar-refractivity contribution < 1.29 is 28.3 Å². The van der Waals surface area contributed by atoms with Crippen molar-refractivity contribution in [3.05, 3.63) is 35.4 Å². The second-order valence-electron chi connectivity index (χ2n) is 7.68. The van der Waals surface area contributed by atoms with Crippen LogP contribution < -0.4 is 21.3 Å². The first-order valence-electron chi connectivity index (χ1n) is 10.0. The van der Waals surface area contributed by atoms with Crippen LogP contribution in [0.1, 0.15) is 18.9 Å². The monoisotopic (exact) mass is 424 g/mol. The number of carbonyl (C=O) groups excluding carboxylic acids is 3. The molecule has 0 spiro atoms. The van der Waals surface area contributed by atoms with Crippen LogP contribution in [0.15, 0.2) is 18.2 Å². The van der Waals surface area contributed by atoms with Gasteiger partial charge in [0.05, 0.1) is 24.0 Å². The summed E-state index contributed by atoms with van der Waals surface area (Å²) in [4.78, 5) is 37.0. The van der Waals surface area contributed by atoms with E-state index < -0.39 is 53.5 Å². The molecule has 2 fully saturated rings. The quantitative estimate of drug-likeness (QED) is 0.393. The average molecular weight is 424 g/mol. The summed E-state index contributed by atoms with van der Waals surface area (Å²) in [6.07, 6.45) is -0.984. The third-order valence-corrected chi connectivity index (χ3v) is 5.63. The van der Waals surface area contributed by atoms with E-state index in [0.29, 0.717) is 19.5 Å². The zero-order valence-electron chi connectivity index (χ0n) is 16.6. The lowest BCUT2D eigenvalue weighted by molar-refractivity contribution is -0.132. The number of piperazine rings is 1. The molecule has 30 heavy (non-hydrogen) atoms. The Kier molecular flexibility index (Phi) is 6.99.